The average Bonchev–Trinajstić information content (AvgIpc) is 2.75. The Bertz CT molecular complexity index is 768. The van der Waals surface area contributed by atoms with Gasteiger partial charge >= 0.3 is 5.97 Å². The number of fused-ring (bicyclic) bond motifs is 1. The number of aliphatic carboxylic acids is 1. The van der Waals surface area contributed by atoms with Crippen LogP contribution in [-0.4, -0.2) is 33.3 Å². The molecule has 2 aromatic rings. The van der Waals surface area contributed by atoms with Gasteiger partial charge in [0.25, 0.3) is 5.91 Å². The van der Waals surface area contributed by atoms with Crippen molar-refractivity contribution in [2.24, 2.45) is 0 Å². The molecule has 0 saturated carbocycles. The van der Waals surface area contributed by atoms with Crippen molar-refractivity contribution in [1.29, 1.82) is 0 Å². The summed E-state index contributed by atoms with van der Waals surface area (Å²) in [5, 5.41) is 16.3. The smallest absolute Gasteiger partial charge is 0.322 e. The van der Waals surface area contributed by atoms with Crippen LogP contribution in [0.5, 0.6) is 0 Å². The first-order valence-corrected chi connectivity index (χ1v) is 8.31. The molecule has 0 aliphatic heterocycles. The number of carbonyl (C=O) groups is 2. The summed E-state index contributed by atoms with van der Waals surface area (Å²) in [6.45, 7) is -0.415. The standard InChI is InChI=1S/C17H18ClN3O3/c18-11-6-8-12(9-7-11)21-14-5-3-1-2-4-13(14)16(20-21)17(24)19-10-15(22)23/h6-9H,1-5,10H2,(H,19,24)(H,22,23). The number of hydrogen-bond acceptors (Lipinski definition) is 3. The van der Waals surface area contributed by atoms with Crippen LogP contribution in [0.2, 0.25) is 5.02 Å². The molecule has 0 saturated heterocycles. The average molecular weight is 348 g/mol. The van der Waals surface area contributed by atoms with E-state index in [9.17, 15) is 9.59 Å². The van der Waals surface area contributed by atoms with Crippen LogP contribution in [0.3, 0.4) is 0 Å². The van der Waals surface area contributed by atoms with Crippen LogP contribution in [0.15, 0.2) is 24.3 Å². The molecule has 1 aliphatic carbocycles. The lowest BCUT2D eigenvalue weighted by Gasteiger charge is -2.07. The zero-order valence-electron chi connectivity index (χ0n) is 13.1. The summed E-state index contributed by atoms with van der Waals surface area (Å²) in [7, 11) is 0. The number of nitrogens with zero attached hydrogens (tertiary/aromatic N) is 2. The Morgan fingerprint density at radius 1 is 1.17 bits per heavy atom. The van der Waals surface area contributed by atoms with Crippen LogP contribution < -0.4 is 5.32 Å². The molecule has 1 amide bonds. The van der Waals surface area contributed by atoms with E-state index in [0.29, 0.717) is 10.7 Å². The normalized spacial score (nSPS) is 13.9. The van der Waals surface area contributed by atoms with Gasteiger partial charge in [0.15, 0.2) is 5.69 Å². The third-order valence-electron chi connectivity index (χ3n) is 4.12. The van der Waals surface area contributed by atoms with Crippen LogP contribution >= 0.6 is 11.6 Å². The molecule has 1 heterocycles. The van der Waals surface area contributed by atoms with E-state index >= 15 is 0 Å². The number of carboxylic acid groups (broad SMARTS) is 1. The van der Waals surface area contributed by atoms with Crippen molar-refractivity contribution in [3.05, 3.63) is 46.2 Å². The SMILES string of the molecule is O=C(O)CNC(=O)c1nn(-c2ccc(Cl)cc2)c2c1CCCCC2. The second-order valence-corrected chi connectivity index (χ2v) is 6.24. The van der Waals surface area contributed by atoms with E-state index in [1.165, 1.54) is 0 Å². The van der Waals surface area contributed by atoms with E-state index in [0.717, 1.165) is 49.0 Å². The molecule has 3 rings (SSSR count). The minimum Gasteiger partial charge on any atom is -0.480 e. The van der Waals surface area contributed by atoms with Crippen molar-refractivity contribution >= 4 is 23.5 Å². The Kier molecular flexibility index (Phi) is 4.85. The first kappa shape index (κ1) is 16.5. The molecular weight excluding hydrogens is 330 g/mol. The molecular formula is C17H18ClN3O3. The number of nitrogens with one attached hydrogen (secondary N) is 1. The highest BCUT2D eigenvalue weighted by Crippen LogP contribution is 2.26. The summed E-state index contributed by atoms with van der Waals surface area (Å²) in [5.41, 5.74) is 3.11. The molecule has 0 spiro atoms. The zero-order valence-corrected chi connectivity index (χ0v) is 13.8. The highest BCUT2D eigenvalue weighted by atomic mass is 35.5. The number of carboxylic acids is 1. The minimum absolute atomic E-state index is 0.322. The van der Waals surface area contributed by atoms with E-state index in [2.05, 4.69) is 10.4 Å². The lowest BCUT2D eigenvalue weighted by molar-refractivity contribution is -0.135. The Morgan fingerprint density at radius 2 is 1.88 bits per heavy atom. The third kappa shape index (κ3) is 3.43. The first-order chi connectivity index (χ1) is 11.6. The Hall–Kier alpha value is -2.34. The van der Waals surface area contributed by atoms with Crippen LogP contribution in [0.1, 0.15) is 41.0 Å². The Labute approximate surface area is 144 Å². The van der Waals surface area contributed by atoms with Gasteiger partial charge in [-0.3, -0.25) is 9.59 Å². The quantitative estimate of drug-likeness (QED) is 0.833. The lowest BCUT2D eigenvalue weighted by atomic mass is 10.1. The highest BCUT2D eigenvalue weighted by Gasteiger charge is 2.24. The molecule has 6 nitrogen and oxygen atoms in total. The number of amides is 1. The van der Waals surface area contributed by atoms with Gasteiger partial charge in [-0.05, 0) is 49.9 Å². The molecule has 1 aromatic heterocycles. The summed E-state index contributed by atoms with van der Waals surface area (Å²) in [6.07, 6.45) is 4.77. The Balaban J connectivity index is 2.01. The second-order valence-electron chi connectivity index (χ2n) is 5.80. The van der Waals surface area contributed by atoms with Crippen LogP contribution in [-0.2, 0) is 17.6 Å². The molecule has 2 N–H and O–H groups in total. The van der Waals surface area contributed by atoms with Crippen molar-refractivity contribution in [2.75, 3.05) is 6.54 Å². The predicted octanol–water partition coefficient (Wildman–Crippen LogP) is 2.61. The van der Waals surface area contributed by atoms with E-state index in [4.69, 9.17) is 16.7 Å². The summed E-state index contributed by atoms with van der Waals surface area (Å²) >= 11 is 5.95. The van der Waals surface area contributed by atoms with Gasteiger partial charge in [-0.25, -0.2) is 4.68 Å². The van der Waals surface area contributed by atoms with E-state index in [-0.39, 0.29) is 0 Å². The van der Waals surface area contributed by atoms with Gasteiger partial charge < -0.3 is 10.4 Å². The zero-order chi connectivity index (χ0) is 17.1. The van der Waals surface area contributed by atoms with Gasteiger partial charge in [0.2, 0.25) is 0 Å². The van der Waals surface area contributed by atoms with Crippen molar-refractivity contribution in [1.82, 2.24) is 15.1 Å². The van der Waals surface area contributed by atoms with Crippen molar-refractivity contribution < 1.29 is 14.7 Å². The van der Waals surface area contributed by atoms with E-state index in [1.807, 2.05) is 12.1 Å². The number of aromatic nitrogens is 2. The maximum Gasteiger partial charge on any atom is 0.322 e. The molecule has 0 bridgehead atoms. The molecule has 0 radical (unpaired) electrons. The van der Waals surface area contributed by atoms with Crippen molar-refractivity contribution in [3.8, 4) is 5.69 Å². The summed E-state index contributed by atoms with van der Waals surface area (Å²) in [6, 6.07) is 7.29. The maximum atomic E-state index is 12.4. The van der Waals surface area contributed by atoms with Gasteiger partial charge in [-0.1, -0.05) is 18.0 Å². The van der Waals surface area contributed by atoms with Gasteiger partial charge in [0.1, 0.15) is 6.54 Å². The molecule has 0 atom stereocenters. The number of halogens is 1. The maximum absolute atomic E-state index is 12.4. The van der Waals surface area contributed by atoms with Gasteiger partial charge in [0, 0.05) is 16.3 Å². The number of rotatable bonds is 4. The summed E-state index contributed by atoms with van der Waals surface area (Å²) in [5.74, 6) is -1.52. The van der Waals surface area contributed by atoms with Crippen LogP contribution in [0.25, 0.3) is 5.69 Å². The Morgan fingerprint density at radius 3 is 2.58 bits per heavy atom. The molecule has 0 fully saturated rings. The fraction of sp³-hybridized carbons (Fsp3) is 0.353. The number of benzene rings is 1. The predicted molar refractivity (Wildman–Crippen MR) is 89.8 cm³/mol. The largest absolute Gasteiger partial charge is 0.480 e. The van der Waals surface area contributed by atoms with Gasteiger partial charge in [0.05, 0.1) is 5.69 Å². The molecule has 7 heteroatoms. The minimum atomic E-state index is -1.08. The molecule has 1 aliphatic rings. The molecule has 126 valence electrons. The van der Waals surface area contributed by atoms with E-state index < -0.39 is 18.4 Å². The van der Waals surface area contributed by atoms with Gasteiger partial charge in [-0.2, -0.15) is 5.10 Å². The van der Waals surface area contributed by atoms with Crippen molar-refractivity contribution in [2.45, 2.75) is 32.1 Å². The van der Waals surface area contributed by atoms with E-state index in [1.54, 1.807) is 16.8 Å². The lowest BCUT2D eigenvalue weighted by Crippen LogP contribution is -2.30. The van der Waals surface area contributed by atoms with Crippen LogP contribution in [0.4, 0.5) is 0 Å². The first-order valence-electron chi connectivity index (χ1n) is 7.93. The fourth-order valence-corrected chi connectivity index (χ4v) is 3.12. The number of hydrogen-bond donors (Lipinski definition) is 2. The highest BCUT2D eigenvalue weighted by molar-refractivity contribution is 6.30. The van der Waals surface area contributed by atoms with Gasteiger partial charge in [-0.15, -0.1) is 0 Å². The topological polar surface area (TPSA) is 84.2 Å². The third-order valence-corrected chi connectivity index (χ3v) is 4.37. The summed E-state index contributed by atoms with van der Waals surface area (Å²) < 4.78 is 1.78. The molecule has 1 aromatic carbocycles. The summed E-state index contributed by atoms with van der Waals surface area (Å²) in [4.78, 5) is 23.0. The van der Waals surface area contributed by atoms with Crippen molar-refractivity contribution in [3.63, 3.8) is 0 Å². The monoisotopic (exact) mass is 347 g/mol. The van der Waals surface area contributed by atoms with Crippen LogP contribution in [0, 0.1) is 0 Å². The number of carbonyl (C=O) groups excluding carboxylic acids is 1. The second kappa shape index (κ2) is 7.05. The molecule has 24 heavy (non-hydrogen) atoms. The molecule has 0 unspecified atom stereocenters. The fourth-order valence-electron chi connectivity index (χ4n) is 2.99.